The highest BCUT2D eigenvalue weighted by Crippen LogP contribution is 2.45. The standard InChI is InChI=1S/C29H26ClN5O3.ClH/c30-22-4-2-19(3-5-22)27-16-38-29(37)35(33-27)13-17-1-6-26-24(8-17)25(28(36)32-26)10-23-7-18(11-31-23)12-34-14-20-9-21(20)15-34;/h1-8,10-11,20-21,31H,9,12-16H2,(H,32,36);1H/b25-10-;/t20-,21+;. The molecule has 39 heavy (non-hydrogen) atoms. The predicted molar refractivity (Wildman–Crippen MR) is 153 cm³/mol. The lowest BCUT2D eigenvalue weighted by atomic mass is 10.0. The summed E-state index contributed by atoms with van der Waals surface area (Å²) in [6.45, 7) is 3.64. The van der Waals surface area contributed by atoms with E-state index in [4.69, 9.17) is 16.3 Å². The smallest absolute Gasteiger partial charge is 0.431 e. The molecule has 2 fully saturated rings. The minimum Gasteiger partial charge on any atom is -0.442 e. The van der Waals surface area contributed by atoms with Gasteiger partial charge in [0.25, 0.3) is 5.91 Å². The number of rotatable bonds is 6. The zero-order valence-electron chi connectivity index (χ0n) is 21.0. The number of nitrogens with one attached hydrogen (secondary N) is 2. The number of nitrogens with zero attached hydrogens (tertiary/aromatic N) is 3. The zero-order chi connectivity index (χ0) is 25.8. The Balaban J connectivity index is 0.00000277. The Kier molecular flexibility index (Phi) is 6.71. The largest absolute Gasteiger partial charge is 0.442 e. The fraction of sp³-hybridized carbons (Fsp3) is 0.276. The Morgan fingerprint density at radius 3 is 2.62 bits per heavy atom. The number of aromatic nitrogens is 1. The highest BCUT2D eigenvalue weighted by Gasteiger charge is 2.44. The van der Waals surface area contributed by atoms with Crippen molar-refractivity contribution < 1.29 is 14.3 Å². The van der Waals surface area contributed by atoms with Crippen LogP contribution in [0, 0.1) is 11.8 Å². The summed E-state index contributed by atoms with van der Waals surface area (Å²) >= 11 is 6.00. The lowest BCUT2D eigenvalue weighted by molar-refractivity contribution is -0.110. The summed E-state index contributed by atoms with van der Waals surface area (Å²) in [7, 11) is 0. The van der Waals surface area contributed by atoms with Crippen LogP contribution in [0.4, 0.5) is 10.5 Å². The highest BCUT2D eigenvalue weighted by atomic mass is 35.5. The molecule has 8 nitrogen and oxygen atoms in total. The molecule has 200 valence electrons. The average Bonchev–Trinajstić information content (AvgIpc) is 3.19. The van der Waals surface area contributed by atoms with Crippen molar-refractivity contribution in [2.45, 2.75) is 19.5 Å². The second kappa shape index (κ2) is 10.2. The number of fused-ring (bicyclic) bond motifs is 2. The number of aromatic amines is 1. The number of piperidine rings is 1. The third kappa shape index (κ3) is 5.20. The second-order valence-electron chi connectivity index (χ2n) is 10.5. The fourth-order valence-electron chi connectivity index (χ4n) is 5.62. The third-order valence-electron chi connectivity index (χ3n) is 7.69. The number of benzene rings is 2. The van der Waals surface area contributed by atoms with Crippen molar-refractivity contribution in [1.82, 2.24) is 14.9 Å². The van der Waals surface area contributed by atoms with Crippen molar-refractivity contribution in [3.63, 3.8) is 0 Å². The number of hydrazone groups is 1. The zero-order valence-corrected chi connectivity index (χ0v) is 22.6. The van der Waals surface area contributed by atoms with Gasteiger partial charge in [-0.2, -0.15) is 10.1 Å². The van der Waals surface area contributed by atoms with E-state index in [9.17, 15) is 9.59 Å². The minimum absolute atomic E-state index is 0. The monoisotopic (exact) mass is 563 g/mol. The molecule has 0 bridgehead atoms. The first-order valence-electron chi connectivity index (χ1n) is 12.8. The Bertz CT molecular complexity index is 1500. The summed E-state index contributed by atoms with van der Waals surface area (Å²) in [6, 6.07) is 15.0. The van der Waals surface area contributed by atoms with E-state index >= 15 is 0 Å². The average molecular weight is 564 g/mol. The molecule has 1 saturated heterocycles. The van der Waals surface area contributed by atoms with Gasteiger partial charge >= 0.3 is 6.09 Å². The number of ether oxygens (including phenoxy) is 1. The van der Waals surface area contributed by atoms with Crippen molar-refractivity contribution in [3.8, 4) is 0 Å². The number of amides is 2. The van der Waals surface area contributed by atoms with E-state index in [2.05, 4.69) is 26.4 Å². The van der Waals surface area contributed by atoms with Crippen LogP contribution in [0.1, 0.15) is 34.4 Å². The van der Waals surface area contributed by atoms with Crippen LogP contribution in [0.3, 0.4) is 0 Å². The molecule has 4 heterocycles. The van der Waals surface area contributed by atoms with Crippen LogP contribution in [0.5, 0.6) is 0 Å². The molecule has 7 rings (SSSR count). The van der Waals surface area contributed by atoms with Crippen LogP contribution in [0.2, 0.25) is 5.02 Å². The molecule has 4 aliphatic rings. The lowest BCUT2D eigenvalue weighted by Crippen LogP contribution is -2.35. The first kappa shape index (κ1) is 25.7. The number of likely N-dealkylation sites (tertiary alicyclic amines) is 1. The molecule has 2 atom stereocenters. The molecule has 0 spiro atoms. The van der Waals surface area contributed by atoms with Gasteiger partial charge in [-0.25, -0.2) is 4.79 Å². The van der Waals surface area contributed by atoms with Crippen LogP contribution in [-0.2, 0) is 22.6 Å². The number of hydrogen-bond acceptors (Lipinski definition) is 5. The van der Waals surface area contributed by atoms with E-state index < -0.39 is 6.09 Å². The summed E-state index contributed by atoms with van der Waals surface area (Å²) in [5, 5.41) is 9.41. The number of H-pyrrole nitrogens is 1. The number of hydrogen-bond donors (Lipinski definition) is 2. The molecule has 3 aromatic rings. The molecular formula is C29H27Cl2N5O3. The maximum absolute atomic E-state index is 12.8. The first-order valence-corrected chi connectivity index (χ1v) is 13.2. The number of anilines is 1. The van der Waals surface area contributed by atoms with Gasteiger partial charge in [-0.15, -0.1) is 12.4 Å². The Labute approximate surface area is 237 Å². The topological polar surface area (TPSA) is 90.0 Å². The van der Waals surface area contributed by atoms with Gasteiger partial charge < -0.3 is 15.0 Å². The fourth-order valence-corrected chi connectivity index (χ4v) is 5.75. The summed E-state index contributed by atoms with van der Waals surface area (Å²) in [4.78, 5) is 31.1. The summed E-state index contributed by atoms with van der Waals surface area (Å²) in [6.07, 6.45) is 4.80. The number of cyclic esters (lactones) is 1. The molecule has 1 aliphatic carbocycles. The molecule has 0 radical (unpaired) electrons. The van der Waals surface area contributed by atoms with Crippen molar-refractivity contribution >= 4 is 59.1 Å². The third-order valence-corrected chi connectivity index (χ3v) is 7.94. The first-order chi connectivity index (χ1) is 18.5. The van der Waals surface area contributed by atoms with Gasteiger partial charge in [0.15, 0.2) is 0 Å². The summed E-state index contributed by atoms with van der Waals surface area (Å²) in [5.74, 6) is 1.67. The maximum Gasteiger partial charge on any atom is 0.431 e. The van der Waals surface area contributed by atoms with E-state index in [-0.39, 0.29) is 31.5 Å². The van der Waals surface area contributed by atoms with E-state index in [1.165, 1.54) is 30.1 Å². The van der Waals surface area contributed by atoms with Gasteiger partial charge in [-0.05, 0) is 65.8 Å². The molecule has 1 aromatic heterocycles. The number of carbonyl (C=O) groups excluding carboxylic acids is 2. The van der Waals surface area contributed by atoms with E-state index in [0.29, 0.717) is 16.3 Å². The lowest BCUT2D eigenvalue weighted by Gasteiger charge is -2.23. The molecule has 10 heteroatoms. The molecule has 2 aromatic carbocycles. The van der Waals surface area contributed by atoms with Crippen LogP contribution < -0.4 is 5.32 Å². The normalized spacial score (nSPS) is 22.6. The van der Waals surface area contributed by atoms with Gasteiger partial charge in [0.1, 0.15) is 12.3 Å². The number of carbonyl (C=O) groups is 2. The summed E-state index contributed by atoms with van der Waals surface area (Å²) in [5.41, 5.74) is 6.58. The van der Waals surface area contributed by atoms with Gasteiger partial charge in [0.05, 0.1) is 12.1 Å². The summed E-state index contributed by atoms with van der Waals surface area (Å²) < 4.78 is 5.37. The molecule has 1 saturated carbocycles. The van der Waals surface area contributed by atoms with Gasteiger partial charge in [-0.1, -0.05) is 29.8 Å². The Morgan fingerprint density at radius 2 is 1.82 bits per heavy atom. The van der Waals surface area contributed by atoms with Gasteiger partial charge in [0.2, 0.25) is 0 Å². The van der Waals surface area contributed by atoms with Crippen molar-refractivity contribution in [2.75, 3.05) is 25.0 Å². The van der Waals surface area contributed by atoms with Crippen molar-refractivity contribution in [2.24, 2.45) is 16.9 Å². The van der Waals surface area contributed by atoms with Crippen LogP contribution in [0.25, 0.3) is 11.6 Å². The predicted octanol–water partition coefficient (Wildman–Crippen LogP) is 5.39. The number of halogens is 2. The molecule has 2 amide bonds. The minimum atomic E-state index is -0.512. The van der Waals surface area contributed by atoms with E-state index in [0.717, 1.165) is 46.5 Å². The Hall–Kier alpha value is -3.59. The van der Waals surface area contributed by atoms with Gasteiger partial charge in [0, 0.05) is 53.4 Å². The van der Waals surface area contributed by atoms with Crippen LogP contribution >= 0.6 is 24.0 Å². The molecule has 0 unspecified atom stereocenters. The van der Waals surface area contributed by atoms with Crippen molar-refractivity contribution in [3.05, 3.63) is 87.7 Å². The Morgan fingerprint density at radius 1 is 1.03 bits per heavy atom. The SMILES string of the molecule is Cl.O=C1Nc2ccc(CN3N=C(c4ccc(Cl)cc4)COC3=O)cc2/C1=C/c1cc(CN2C[C@H]3C[C@H]3C2)c[nH]1. The van der Waals surface area contributed by atoms with Gasteiger partial charge in [-0.3, -0.25) is 9.69 Å². The quantitative estimate of drug-likeness (QED) is 0.393. The van der Waals surface area contributed by atoms with Crippen LogP contribution in [-0.4, -0.2) is 52.3 Å². The second-order valence-corrected chi connectivity index (χ2v) is 10.9. The van der Waals surface area contributed by atoms with Crippen molar-refractivity contribution in [1.29, 1.82) is 0 Å². The maximum atomic E-state index is 12.8. The highest BCUT2D eigenvalue weighted by molar-refractivity contribution is 6.34. The molecular weight excluding hydrogens is 537 g/mol. The van der Waals surface area contributed by atoms with E-state index in [1.54, 1.807) is 12.1 Å². The molecule has 3 aliphatic heterocycles. The van der Waals surface area contributed by atoms with Crippen LogP contribution in [0.15, 0.2) is 59.8 Å². The molecule has 2 N–H and O–H groups in total. The van der Waals surface area contributed by atoms with E-state index in [1.807, 2.05) is 42.6 Å².